The van der Waals surface area contributed by atoms with Crippen LogP contribution in [0.1, 0.15) is 15.9 Å². The number of carbonyl (C=O) groups is 2. The van der Waals surface area contributed by atoms with Crippen molar-refractivity contribution in [3.05, 3.63) is 59.7 Å². The van der Waals surface area contributed by atoms with Gasteiger partial charge in [0.15, 0.2) is 0 Å². The van der Waals surface area contributed by atoms with Crippen LogP contribution in [-0.2, 0) is 11.2 Å². The summed E-state index contributed by atoms with van der Waals surface area (Å²) in [4.78, 5) is 23.8. The fourth-order valence-electron chi connectivity index (χ4n) is 2.54. The van der Waals surface area contributed by atoms with Gasteiger partial charge < -0.3 is 15.8 Å². The van der Waals surface area contributed by atoms with Crippen molar-refractivity contribution in [2.45, 2.75) is 6.42 Å². The molecule has 2 aromatic carbocycles. The first kappa shape index (κ1) is 14.1. The second-order valence-corrected chi connectivity index (χ2v) is 5.22. The van der Waals surface area contributed by atoms with Gasteiger partial charge in [0.25, 0.3) is 5.91 Å². The van der Waals surface area contributed by atoms with Crippen molar-refractivity contribution in [1.29, 1.82) is 0 Å². The second-order valence-electron chi connectivity index (χ2n) is 5.22. The number of carbonyl (C=O) groups excluding carboxylic acids is 2. The van der Waals surface area contributed by atoms with Crippen LogP contribution in [0.15, 0.2) is 48.5 Å². The SMILES string of the molecule is NC(=O)c1ccccc1NC(=O)[C@H]1COc2ccccc2C1. The molecular formula is C17H16N2O3. The Bertz CT molecular complexity index is 727. The summed E-state index contributed by atoms with van der Waals surface area (Å²) < 4.78 is 5.62. The summed E-state index contributed by atoms with van der Waals surface area (Å²) in [7, 11) is 0. The number of amides is 2. The Hall–Kier alpha value is -2.82. The third-order valence-corrected chi connectivity index (χ3v) is 3.70. The molecule has 0 saturated carbocycles. The molecule has 0 fully saturated rings. The third-order valence-electron chi connectivity index (χ3n) is 3.70. The zero-order chi connectivity index (χ0) is 15.5. The Morgan fingerprint density at radius 3 is 2.64 bits per heavy atom. The Morgan fingerprint density at radius 2 is 1.82 bits per heavy atom. The second kappa shape index (κ2) is 5.89. The third kappa shape index (κ3) is 2.79. The molecule has 0 radical (unpaired) electrons. The van der Waals surface area contributed by atoms with Gasteiger partial charge in [0.2, 0.25) is 5.91 Å². The van der Waals surface area contributed by atoms with E-state index in [1.165, 1.54) is 0 Å². The number of anilines is 1. The van der Waals surface area contributed by atoms with Gasteiger partial charge in [-0.15, -0.1) is 0 Å². The van der Waals surface area contributed by atoms with E-state index in [1.807, 2.05) is 24.3 Å². The number of nitrogens with two attached hydrogens (primary N) is 1. The molecule has 3 N–H and O–H groups in total. The first-order chi connectivity index (χ1) is 10.6. The molecule has 1 heterocycles. The van der Waals surface area contributed by atoms with E-state index >= 15 is 0 Å². The molecule has 0 aromatic heterocycles. The number of fused-ring (bicyclic) bond motifs is 1. The number of rotatable bonds is 3. The number of para-hydroxylation sites is 2. The molecule has 0 unspecified atom stereocenters. The first-order valence-corrected chi connectivity index (χ1v) is 7.05. The van der Waals surface area contributed by atoms with Crippen LogP contribution in [0.2, 0.25) is 0 Å². The number of hydrogen-bond donors (Lipinski definition) is 2. The van der Waals surface area contributed by atoms with Crippen LogP contribution < -0.4 is 15.8 Å². The van der Waals surface area contributed by atoms with E-state index in [0.29, 0.717) is 24.3 Å². The standard InChI is InChI=1S/C17H16N2O3/c18-16(20)13-6-2-3-7-14(13)19-17(21)12-9-11-5-1-4-8-15(11)22-10-12/h1-8,12H,9-10H2,(H2,18,20)(H,19,21)/t12-/m1/s1. The van der Waals surface area contributed by atoms with Crippen LogP contribution in [0, 0.1) is 5.92 Å². The van der Waals surface area contributed by atoms with Gasteiger partial charge in [-0.3, -0.25) is 9.59 Å². The van der Waals surface area contributed by atoms with Gasteiger partial charge in [-0.2, -0.15) is 0 Å². The van der Waals surface area contributed by atoms with Crippen molar-refractivity contribution in [1.82, 2.24) is 0 Å². The van der Waals surface area contributed by atoms with E-state index in [0.717, 1.165) is 11.3 Å². The zero-order valence-corrected chi connectivity index (χ0v) is 11.9. The minimum Gasteiger partial charge on any atom is -0.492 e. The fourth-order valence-corrected chi connectivity index (χ4v) is 2.54. The van der Waals surface area contributed by atoms with Crippen LogP contribution in [0.3, 0.4) is 0 Å². The average Bonchev–Trinajstić information content (AvgIpc) is 2.54. The fraction of sp³-hybridized carbons (Fsp3) is 0.176. The lowest BCUT2D eigenvalue weighted by molar-refractivity contribution is -0.121. The van der Waals surface area contributed by atoms with Gasteiger partial charge in [0.05, 0.1) is 17.2 Å². The summed E-state index contributed by atoms with van der Waals surface area (Å²) in [6.07, 6.45) is 0.612. The van der Waals surface area contributed by atoms with Gasteiger partial charge in [0.1, 0.15) is 12.4 Å². The largest absolute Gasteiger partial charge is 0.492 e. The molecule has 5 heteroatoms. The minimum atomic E-state index is -0.568. The van der Waals surface area contributed by atoms with Crippen LogP contribution in [0.4, 0.5) is 5.69 Å². The highest BCUT2D eigenvalue weighted by Gasteiger charge is 2.26. The van der Waals surface area contributed by atoms with Crippen molar-refractivity contribution >= 4 is 17.5 Å². The maximum Gasteiger partial charge on any atom is 0.250 e. The summed E-state index contributed by atoms with van der Waals surface area (Å²) in [6, 6.07) is 14.4. The van der Waals surface area contributed by atoms with Crippen LogP contribution >= 0.6 is 0 Å². The van der Waals surface area contributed by atoms with Crippen molar-refractivity contribution < 1.29 is 14.3 Å². The minimum absolute atomic E-state index is 0.178. The molecule has 0 aliphatic carbocycles. The van der Waals surface area contributed by atoms with Crippen molar-refractivity contribution in [3.63, 3.8) is 0 Å². The van der Waals surface area contributed by atoms with E-state index in [9.17, 15) is 9.59 Å². The predicted molar refractivity (Wildman–Crippen MR) is 82.7 cm³/mol. The van der Waals surface area contributed by atoms with Gasteiger partial charge in [-0.1, -0.05) is 30.3 Å². The van der Waals surface area contributed by atoms with Crippen molar-refractivity contribution in [2.75, 3.05) is 11.9 Å². The molecule has 0 saturated heterocycles. The Kier molecular flexibility index (Phi) is 3.78. The lowest BCUT2D eigenvalue weighted by atomic mass is 9.96. The zero-order valence-electron chi connectivity index (χ0n) is 11.9. The lowest BCUT2D eigenvalue weighted by Gasteiger charge is -2.24. The molecule has 112 valence electrons. The maximum absolute atomic E-state index is 12.4. The predicted octanol–water partition coefficient (Wildman–Crippen LogP) is 1.98. The first-order valence-electron chi connectivity index (χ1n) is 7.05. The van der Waals surface area contributed by atoms with Crippen LogP contribution in [0.25, 0.3) is 0 Å². The highest BCUT2D eigenvalue weighted by molar-refractivity contribution is 6.03. The van der Waals surface area contributed by atoms with E-state index < -0.39 is 5.91 Å². The smallest absolute Gasteiger partial charge is 0.250 e. The molecule has 1 aliphatic rings. The van der Waals surface area contributed by atoms with Gasteiger partial charge >= 0.3 is 0 Å². The maximum atomic E-state index is 12.4. The Balaban J connectivity index is 1.75. The van der Waals surface area contributed by atoms with Crippen LogP contribution in [-0.4, -0.2) is 18.4 Å². The van der Waals surface area contributed by atoms with Gasteiger partial charge in [0, 0.05) is 0 Å². The highest BCUT2D eigenvalue weighted by Crippen LogP contribution is 2.27. The molecule has 5 nitrogen and oxygen atoms in total. The molecule has 22 heavy (non-hydrogen) atoms. The van der Waals surface area contributed by atoms with E-state index in [4.69, 9.17) is 10.5 Å². The van der Waals surface area contributed by atoms with Gasteiger partial charge in [-0.25, -0.2) is 0 Å². The Labute approximate surface area is 128 Å². The monoisotopic (exact) mass is 296 g/mol. The molecule has 1 aliphatic heterocycles. The molecule has 2 amide bonds. The summed E-state index contributed by atoms with van der Waals surface area (Å²) in [5.41, 5.74) is 7.06. The van der Waals surface area contributed by atoms with Crippen molar-refractivity contribution in [2.24, 2.45) is 11.7 Å². The number of hydrogen-bond acceptors (Lipinski definition) is 3. The normalized spacial score (nSPS) is 16.3. The van der Waals surface area contributed by atoms with Crippen LogP contribution in [0.5, 0.6) is 5.75 Å². The number of ether oxygens (including phenoxy) is 1. The highest BCUT2D eigenvalue weighted by atomic mass is 16.5. The Morgan fingerprint density at radius 1 is 1.09 bits per heavy atom. The summed E-state index contributed by atoms with van der Waals surface area (Å²) in [5, 5.41) is 2.77. The molecular weight excluding hydrogens is 280 g/mol. The van der Waals surface area contributed by atoms with Gasteiger partial charge in [-0.05, 0) is 30.2 Å². The summed E-state index contributed by atoms with van der Waals surface area (Å²) >= 11 is 0. The van der Waals surface area contributed by atoms with E-state index in [-0.39, 0.29) is 11.8 Å². The molecule has 0 bridgehead atoms. The topological polar surface area (TPSA) is 81.4 Å². The quantitative estimate of drug-likeness (QED) is 0.908. The number of primary amides is 1. The molecule has 0 spiro atoms. The molecule has 2 aromatic rings. The van der Waals surface area contributed by atoms with E-state index in [2.05, 4.69) is 5.32 Å². The molecule has 3 rings (SSSR count). The van der Waals surface area contributed by atoms with Crippen molar-refractivity contribution in [3.8, 4) is 5.75 Å². The lowest BCUT2D eigenvalue weighted by Crippen LogP contribution is -2.33. The number of nitrogens with one attached hydrogen (secondary N) is 1. The summed E-state index contributed by atoms with van der Waals surface area (Å²) in [5.74, 6) is -0.218. The molecule has 1 atom stereocenters. The van der Waals surface area contributed by atoms with E-state index in [1.54, 1.807) is 24.3 Å². The summed E-state index contributed by atoms with van der Waals surface area (Å²) in [6.45, 7) is 0.321. The number of benzene rings is 2. The average molecular weight is 296 g/mol.